The maximum Gasteiger partial charge on any atom is 0.243 e. The Hall–Kier alpha value is -2.69. The van der Waals surface area contributed by atoms with Gasteiger partial charge in [-0.3, -0.25) is 0 Å². The fourth-order valence-electron chi connectivity index (χ4n) is 2.70. The predicted molar refractivity (Wildman–Crippen MR) is 96.4 cm³/mol. The van der Waals surface area contributed by atoms with Crippen molar-refractivity contribution in [1.29, 1.82) is 5.26 Å². The van der Waals surface area contributed by atoms with Crippen LogP contribution in [0.1, 0.15) is 19.4 Å². The summed E-state index contributed by atoms with van der Waals surface area (Å²) in [4.78, 5) is 7.91. The molecule has 2 aromatic carbocycles. The van der Waals surface area contributed by atoms with Gasteiger partial charge >= 0.3 is 0 Å². The van der Waals surface area contributed by atoms with Crippen molar-refractivity contribution in [2.24, 2.45) is 0 Å². The minimum Gasteiger partial charge on any atom is -0.338 e. The maximum atomic E-state index is 12.6. The van der Waals surface area contributed by atoms with E-state index in [1.807, 2.05) is 26.0 Å². The van der Waals surface area contributed by atoms with Gasteiger partial charge in [0.25, 0.3) is 0 Å². The summed E-state index contributed by atoms with van der Waals surface area (Å²) >= 11 is 0. The molecule has 6 nitrogen and oxygen atoms in total. The van der Waals surface area contributed by atoms with E-state index in [-0.39, 0.29) is 4.90 Å². The number of hydrogen-bond acceptors (Lipinski definition) is 4. The van der Waals surface area contributed by atoms with Crippen molar-refractivity contribution in [3.05, 3.63) is 48.0 Å². The molecule has 0 bridgehead atoms. The molecule has 3 rings (SSSR count). The van der Waals surface area contributed by atoms with Crippen LogP contribution in [-0.2, 0) is 10.0 Å². The van der Waals surface area contributed by atoms with E-state index in [1.54, 1.807) is 30.3 Å². The van der Waals surface area contributed by atoms with Crippen molar-refractivity contribution in [3.8, 4) is 17.5 Å². The smallest absolute Gasteiger partial charge is 0.243 e. The third-order valence-electron chi connectivity index (χ3n) is 4.08. The number of H-pyrrole nitrogens is 1. The molecule has 128 valence electrons. The number of nitrogens with one attached hydrogen (secondary N) is 1. The van der Waals surface area contributed by atoms with Crippen LogP contribution in [0.4, 0.5) is 0 Å². The van der Waals surface area contributed by atoms with E-state index in [9.17, 15) is 8.42 Å². The van der Waals surface area contributed by atoms with Gasteiger partial charge in [0.05, 0.1) is 27.6 Å². The fourth-order valence-corrected chi connectivity index (χ4v) is 4.19. The van der Waals surface area contributed by atoms with E-state index < -0.39 is 10.0 Å². The molecule has 0 radical (unpaired) electrons. The molecule has 7 heteroatoms. The lowest BCUT2D eigenvalue weighted by Crippen LogP contribution is -2.30. The van der Waals surface area contributed by atoms with Crippen LogP contribution in [0.25, 0.3) is 22.4 Å². The monoisotopic (exact) mass is 354 g/mol. The van der Waals surface area contributed by atoms with Crippen molar-refractivity contribution in [1.82, 2.24) is 14.3 Å². The number of benzene rings is 2. The zero-order valence-electron chi connectivity index (χ0n) is 14.0. The van der Waals surface area contributed by atoms with Crippen LogP contribution >= 0.6 is 0 Å². The van der Waals surface area contributed by atoms with Gasteiger partial charge in [-0.25, -0.2) is 13.4 Å². The highest BCUT2D eigenvalue weighted by Gasteiger charge is 2.22. The molecule has 1 aromatic heterocycles. The van der Waals surface area contributed by atoms with Gasteiger partial charge in [0, 0.05) is 18.7 Å². The highest BCUT2D eigenvalue weighted by atomic mass is 32.2. The predicted octanol–water partition coefficient (Wildman–Crippen LogP) is 3.13. The first-order valence-electron chi connectivity index (χ1n) is 8.00. The fraction of sp³-hybridized carbons (Fsp3) is 0.222. The van der Waals surface area contributed by atoms with Crippen LogP contribution in [0.5, 0.6) is 0 Å². The van der Waals surface area contributed by atoms with E-state index in [1.165, 1.54) is 4.31 Å². The standard InChI is InChI=1S/C18H18N4O2S/c1-3-22(4-2)25(23,24)15-9-10-16-17(11-15)21-18(20-16)14-7-5-13(12-19)6-8-14/h5-11H,3-4H2,1-2H3,(H,20,21). The molecule has 0 aliphatic rings. The van der Waals surface area contributed by atoms with E-state index in [2.05, 4.69) is 16.0 Å². The largest absolute Gasteiger partial charge is 0.338 e. The minimum atomic E-state index is -3.51. The Kier molecular flexibility index (Phi) is 4.57. The molecule has 0 fully saturated rings. The molecule has 1 N–H and O–H groups in total. The van der Waals surface area contributed by atoms with Crippen molar-refractivity contribution in [2.75, 3.05) is 13.1 Å². The zero-order chi connectivity index (χ0) is 18.0. The third-order valence-corrected chi connectivity index (χ3v) is 6.13. The first kappa shape index (κ1) is 17.1. The summed E-state index contributed by atoms with van der Waals surface area (Å²) in [6, 6.07) is 14.0. The number of rotatable bonds is 5. The highest BCUT2D eigenvalue weighted by molar-refractivity contribution is 7.89. The molecule has 0 saturated heterocycles. The van der Waals surface area contributed by atoms with E-state index in [4.69, 9.17) is 5.26 Å². The first-order valence-corrected chi connectivity index (χ1v) is 9.44. The van der Waals surface area contributed by atoms with Gasteiger partial charge < -0.3 is 4.98 Å². The van der Waals surface area contributed by atoms with Gasteiger partial charge in [-0.15, -0.1) is 0 Å². The number of aromatic nitrogens is 2. The Balaban J connectivity index is 2.03. The molecule has 0 atom stereocenters. The second-order valence-electron chi connectivity index (χ2n) is 5.54. The summed E-state index contributed by atoms with van der Waals surface area (Å²) in [6.45, 7) is 4.49. The molecule has 0 unspecified atom stereocenters. The molecule has 0 aliphatic heterocycles. The maximum absolute atomic E-state index is 12.6. The normalized spacial score (nSPS) is 11.8. The number of hydrogen-bond donors (Lipinski definition) is 1. The van der Waals surface area contributed by atoms with Crippen molar-refractivity contribution in [3.63, 3.8) is 0 Å². The van der Waals surface area contributed by atoms with Crippen LogP contribution in [0.2, 0.25) is 0 Å². The van der Waals surface area contributed by atoms with Gasteiger partial charge in [-0.05, 0) is 42.5 Å². The average Bonchev–Trinajstić information content (AvgIpc) is 3.06. The molecule has 0 saturated carbocycles. The molecule has 0 spiro atoms. The SMILES string of the molecule is CCN(CC)S(=O)(=O)c1ccc2nc(-c3ccc(C#N)cc3)[nH]c2c1. The quantitative estimate of drug-likeness (QED) is 0.762. The lowest BCUT2D eigenvalue weighted by molar-refractivity contribution is 0.445. The Morgan fingerprint density at radius 1 is 1.12 bits per heavy atom. The van der Waals surface area contributed by atoms with E-state index in [0.717, 1.165) is 5.56 Å². The van der Waals surface area contributed by atoms with Gasteiger partial charge in [0.1, 0.15) is 5.82 Å². The molecule has 1 heterocycles. The zero-order valence-corrected chi connectivity index (χ0v) is 14.8. The van der Waals surface area contributed by atoms with Crippen molar-refractivity contribution < 1.29 is 8.42 Å². The Morgan fingerprint density at radius 2 is 1.80 bits per heavy atom. The summed E-state index contributed by atoms with van der Waals surface area (Å²) in [5.41, 5.74) is 2.77. The molecule has 0 amide bonds. The van der Waals surface area contributed by atoms with Gasteiger partial charge in [0.2, 0.25) is 10.0 Å². The second-order valence-corrected chi connectivity index (χ2v) is 7.48. The Morgan fingerprint density at radius 3 is 2.40 bits per heavy atom. The van der Waals surface area contributed by atoms with Crippen LogP contribution in [0, 0.1) is 11.3 Å². The second kappa shape index (κ2) is 6.67. The topological polar surface area (TPSA) is 89.8 Å². The summed E-state index contributed by atoms with van der Waals surface area (Å²) in [5, 5.41) is 8.87. The van der Waals surface area contributed by atoms with Crippen LogP contribution in [0.3, 0.4) is 0 Å². The Labute approximate surface area is 146 Å². The number of imidazole rings is 1. The summed E-state index contributed by atoms with van der Waals surface area (Å²) in [7, 11) is -3.51. The summed E-state index contributed by atoms with van der Waals surface area (Å²) in [5.74, 6) is 0.636. The molecule has 0 aliphatic carbocycles. The van der Waals surface area contributed by atoms with Gasteiger partial charge in [0.15, 0.2) is 0 Å². The minimum absolute atomic E-state index is 0.249. The van der Waals surface area contributed by atoms with E-state index >= 15 is 0 Å². The van der Waals surface area contributed by atoms with Gasteiger partial charge in [-0.1, -0.05) is 13.8 Å². The Bertz CT molecular complexity index is 1040. The lowest BCUT2D eigenvalue weighted by Gasteiger charge is -2.18. The highest BCUT2D eigenvalue weighted by Crippen LogP contribution is 2.24. The number of sulfonamides is 1. The third kappa shape index (κ3) is 3.14. The van der Waals surface area contributed by atoms with Crippen molar-refractivity contribution in [2.45, 2.75) is 18.7 Å². The summed E-state index contributed by atoms with van der Waals surface area (Å²) < 4.78 is 26.7. The lowest BCUT2D eigenvalue weighted by atomic mass is 10.1. The van der Waals surface area contributed by atoms with Crippen LogP contribution in [0.15, 0.2) is 47.4 Å². The molecular formula is C18H18N4O2S. The summed E-state index contributed by atoms with van der Waals surface area (Å²) in [6.07, 6.45) is 0. The number of nitrogens with zero attached hydrogens (tertiary/aromatic N) is 3. The van der Waals surface area contributed by atoms with Crippen LogP contribution < -0.4 is 0 Å². The van der Waals surface area contributed by atoms with Crippen LogP contribution in [-0.4, -0.2) is 35.8 Å². The first-order chi connectivity index (χ1) is 12.0. The average molecular weight is 354 g/mol. The number of nitriles is 1. The van der Waals surface area contributed by atoms with Crippen molar-refractivity contribution >= 4 is 21.1 Å². The number of fused-ring (bicyclic) bond motifs is 1. The van der Waals surface area contributed by atoms with E-state index in [0.29, 0.717) is 35.5 Å². The van der Waals surface area contributed by atoms with Gasteiger partial charge in [-0.2, -0.15) is 9.57 Å². The molecule has 3 aromatic rings. The molecular weight excluding hydrogens is 336 g/mol. The number of aromatic amines is 1. The molecule has 25 heavy (non-hydrogen) atoms.